The fourth-order valence-corrected chi connectivity index (χ4v) is 4.93. The molecule has 0 radical (unpaired) electrons. The van der Waals surface area contributed by atoms with Gasteiger partial charge in [-0.25, -0.2) is 0 Å². The molecule has 20 nitrogen and oxygen atoms in total. The first kappa shape index (κ1) is 48.0. The molecule has 298 valence electrons. The van der Waals surface area contributed by atoms with Crippen molar-refractivity contribution in [2.45, 2.75) is 141 Å². The number of aliphatic hydroxyl groups excluding tert-OH is 7. The normalized spacial score (nSPS) is 18.4. The predicted octanol–water partition coefficient (Wildman–Crippen LogP) is -8.99. The van der Waals surface area contributed by atoms with Crippen molar-refractivity contribution in [2.75, 3.05) is 32.8 Å². The lowest BCUT2D eigenvalue weighted by Gasteiger charge is -2.36. The third-order valence-corrected chi connectivity index (χ3v) is 7.32. The van der Waals surface area contributed by atoms with Gasteiger partial charge in [0.05, 0.1) is 31.3 Å². The van der Waals surface area contributed by atoms with E-state index in [4.69, 9.17) is 32.8 Å². The third kappa shape index (κ3) is 25.0. The van der Waals surface area contributed by atoms with Gasteiger partial charge < -0.3 is 40.5 Å². The molecule has 6 unspecified atom stereocenters. The lowest BCUT2D eigenvalue weighted by atomic mass is 10.00. The van der Waals surface area contributed by atoms with E-state index in [0.717, 1.165) is 0 Å². The minimum atomic E-state index is -1.39. The molecule has 0 aliphatic carbocycles. The second-order valence-corrected chi connectivity index (χ2v) is 14.0. The molecule has 0 aromatic rings. The summed E-state index contributed by atoms with van der Waals surface area (Å²) in [5, 5.41) is 91.3. The van der Waals surface area contributed by atoms with Gasteiger partial charge in [-0.2, -0.15) is 0 Å². The van der Waals surface area contributed by atoms with Crippen molar-refractivity contribution in [1.29, 1.82) is 0 Å². The molecule has 0 heterocycles. The van der Waals surface area contributed by atoms with E-state index in [0.29, 0.717) is 45.2 Å². The number of hydrogen-bond donors (Lipinski definition) is 19. The van der Waals surface area contributed by atoms with E-state index in [-0.39, 0.29) is 43.6 Å². The number of rotatable bonds is 29. The van der Waals surface area contributed by atoms with E-state index in [9.17, 15) is 30.6 Å². The van der Waals surface area contributed by atoms with Crippen molar-refractivity contribution < 1.29 is 50.5 Å². The molecule has 0 aliphatic heterocycles. The largest absolute Gasteiger partial charge is 0.395 e. The third-order valence-electron chi connectivity index (χ3n) is 7.32. The van der Waals surface area contributed by atoms with Gasteiger partial charge in [0.2, 0.25) is 6.41 Å². The van der Waals surface area contributed by atoms with Crippen LogP contribution in [-0.4, -0.2) is 148 Å². The van der Waals surface area contributed by atoms with E-state index in [1.54, 1.807) is 27.7 Å². The highest BCUT2D eigenvalue weighted by Crippen LogP contribution is 2.14. The molecule has 0 fully saturated rings. The first-order chi connectivity index (χ1) is 23.2. The molecule has 0 amide bonds. The van der Waals surface area contributed by atoms with Crippen molar-refractivity contribution in [3.05, 3.63) is 0 Å². The Labute approximate surface area is 296 Å². The van der Waals surface area contributed by atoms with Crippen LogP contribution in [-0.2, 0) is 4.74 Å². The van der Waals surface area contributed by atoms with Gasteiger partial charge in [-0.05, 0) is 65.7 Å². The van der Waals surface area contributed by atoms with Crippen molar-refractivity contribution in [1.82, 2.24) is 31.9 Å². The number of guanidine groups is 2. The first-order valence-electron chi connectivity index (χ1n) is 17.4. The smallest absolute Gasteiger partial charge is 0.338 e. The van der Waals surface area contributed by atoms with E-state index >= 15 is 0 Å². The maximum Gasteiger partial charge on any atom is 0.338 e. The van der Waals surface area contributed by atoms with Gasteiger partial charge >= 0.3 is 11.9 Å². The standard InChI is InChI=1S/C30H70N12O8/c1-17(2)13-21(41-25(47)20(10-8-12-36-28(33)34)42-29(49)50-30(4,5)6)26(48)40-19(9-7-11-35-27(31)32)24(46)38-14-22(44)37-15-23(45)39-18(3)16-43/h17-26,29,37-49H,7-16H2,1-6H3,(H4,31,32,35)(H4,33,34,36)/p+2/t18-,19+,20+,21-,22?,23?,24?,25?,26?,29?/m1/s1. The summed E-state index contributed by atoms with van der Waals surface area (Å²) in [4.78, 5) is 5.64. The summed E-state index contributed by atoms with van der Waals surface area (Å²) in [6, 6.07) is -2.53. The molecule has 0 saturated carbocycles. The molecule has 10 atom stereocenters. The summed E-state index contributed by atoms with van der Waals surface area (Å²) < 4.78 is 5.59. The Morgan fingerprint density at radius 2 is 1.14 bits per heavy atom. The lowest BCUT2D eigenvalue weighted by molar-refractivity contribution is -0.460. The van der Waals surface area contributed by atoms with E-state index in [1.807, 2.05) is 13.8 Å². The Balaban J connectivity index is 5.77. The Morgan fingerprint density at radius 1 is 0.660 bits per heavy atom. The second kappa shape index (κ2) is 25.9. The van der Waals surface area contributed by atoms with Gasteiger partial charge in [0.1, 0.15) is 31.1 Å². The zero-order valence-electron chi connectivity index (χ0n) is 30.8. The molecular weight excluding hydrogens is 656 g/mol. The summed E-state index contributed by atoms with van der Waals surface area (Å²) in [5.41, 5.74) is 21.3. The van der Waals surface area contributed by atoms with Crippen LogP contribution in [0.25, 0.3) is 0 Å². The summed E-state index contributed by atoms with van der Waals surface area (Å²) in [7, 11) is 0. The van der Waals surface area contributed by atoms with Crippen LogP contribution in [0.1, 0.15) is 73.6 Å². The number of nitrogens with one attached hydrogen (secondary N) is 8. The van der Waals surface area contributed by atoms with Gasteiger partial charge in [-0.1, -0.05) is 13.8 Å². The monoisotopic (exact) mass is 729 g/mol. The molecular formula is C30H72N12O8+2. The summed E-state index contributed by atoms with van der Waals surface area (Å²) in [5.74, 6) is 0.196. The second-order valence-electron chi connectivity index (χ2n) is 14.0. The topological polar surface area (TPSA) is 355 Å². The van der Waals surface area contributed by atoms with Gasteiger partial charge in [-0.3, -0.25) is 64.8 Å². The van der Waals surface area contributed by atoms with Crippen molar-refractivity contribution >= 4 is 11.9 Å². The van der Waals surface area contributed by atoms with Crippen LogP contribution in [0.15, 0.2) is 0 Å². The molecule has 0 aromatic heterocycles. The maximum atomic E-state index is 11.4. The van der Waals surface area contributed by atoms with Crippen LogP contribution in [0.2, 0.25) is 0 Å². The maximum absolute atomic E-state index is 11.4. The summed E-state index contributed by atoms with van der Waals surface area (Å²) in [6.07, 6.45) is -5.21. The Hall–Kier alpha value is -2.02. The lowest BCUT2D eigenvalue weighted by Crippen LogP contribution is -2.78. The zero-order chi connectivity index (χ0) is 38.4. The van der Waals surface area contributed by atoms with Crippen LogP contribution in [0.5, 0.6) is 0 Å². The molecule has 0 bridgehead atoms. The van der Waals surface area contributed by atoms with Crippen molar-refractivity contribution in [2.24, 2.45) is 28.9 Å². The van der Waals surface area contributed by atoms with Gasteiger partial charge in [0.25, 0.3) is 0 Å². The fraction of sp³-hybridized carbons (Fsp3) is 0.933. The Morgan fingerprint density at radius 3 is 1.62 bits per heavy atom. The van der Waals surface area contributed by atoms with Crippen LogP contribution >= 0.6 is 0 Å². The van der Waals surface area contributed by atoms with Crippen LogP contribution in [0, 0.1) is 5.92 Å². The Kier molecular flexibility index (Phi) is 24.8. The zero-order valence-corrected chi connectivity index (χ0v) is 30.8. The summed E-state index contributed by atoms with van der Waals surface area (Å²) in [6.45, 7) is 11.5. The highest BCUT2D eigenvalue weighted by molar-refractivity contribution is 5.69. The van der Waals surface area contributed by atoms with Crippen molar-refractivity contribution in [3.8, 4) is 0 Å². The van der Waals surface area contributed by atoms with Gasteiger partial charge in [-0.15, -0.1) is 0 Å². The highest BCUT2D eigenvalue weighted by atomic mass is 16.6. The average Bonchev–Trinajstić information content (AvgIpc) is 2.99. The first-order valence-corrected chi connectivity index (χ1v) is 17.4. The molecule has 23 N–H and O–H groups in total. The number of ether oxygens (including phenoxy) is 1. The van der Waals surface area contributed by atoms with Crippen LogP contribution in [0.4, 0.5) is 0 Å². The van der Waals surface area contributed by atoms with Gasteiger partial charge in [0.15, 0.2) is 0 Å². The number of hydrogen-bond acceptors (Lipinski definition) is 14. The SMILES string of the molecule is CC(C)C[C@@H](NC(O)[C@H](CCC[NH+]=C(N)N)NC(O)OC(C)(C)C)C(O)N[C@@H](CCC[NH+]=C(N)N)C(O)NCC(O)NCC(O)N[C@H](C)CO. The van der Waals surface area contributed by atoms with E-state index < -0.39 is 61.3 Å². The minimum absolute atomic E-state index is 0.0253. The van der Waals surface area contributed by atoms with Crippen molar-refractivity contribution in [3.63, 3.8) is 0 Å². The van der Waals surface area contributed by atoms with E-state index in [1.165, 1.54) is 0 Å². The average molecular weight is 729 g/mol. The number of nitrogens with two attached hydrogens (primary N) is 4. The Bertz CT molecular complexity index is 925. The van der Waals surface area contributed by atoms with Gasteiger partial charge in [0, 0.05) is 31.2 Å². The fourth-order valence-electron chi connectivity index (χ4n) is 4.93. The molecule has 20 heteroatoms. The van der Waals surface area contributed by atoms with E-state index in [2.05, 4.69) is 41.9 Å². The molecule has 0 spiro atoms. The molecule has 0 saturated heterocycles. The van der Waals surface area contributed by atoms with Crippen LogP contribution in [0.3, 0.4) is 0 Å². The quantitative estimate of drug-likeness (QED) is 0.0147. The molecule has 50 heavy (non-hydrogen) atoms. The molecule has 0 rings (SSSR count). The highest BCUT2D eigenvalue weighted by Gasteiger charge is 2.31. The van der Waals surface area contributed by atoms with Crippen LogP contribution < -0.4 is 64.8 Å². The molecule has 0 aliphatic rings. The predicted molar refractivity (Wildman–Crippen MR) is 190 cm³/mol. The molecule has 0 aromatic carbocycles. The minimum Gasteiger partial charge on any atom is -0.395 e. The summed E-state index contributed by atoms with van der Waals surface area (Å²) >= 11 is 0. The number of aliphatic hydroxyl groups is 7.